The van der Waals surface area contributed by atoms with Crippen molar-refractivity contribution in [2.24, 2.45) is 5.11 Å². The van der Waals surface area contributed by atoms with Crippen molar-refractivity contribution in [3.63, 3.8) is 0 Å². The van der Waals surface area contributed by atoms with Crippen LogP contribution < -0.4 is 11.2 Å². The minimum Gasteiger partial charge on any atom is -0.387 e. The molecule has 20 heavy (non-hydrogen) atoms. The van der Waals surface area contributed by atoms with Crippen molar-refractivity contribution < 1.29 is 20.1 Å². The molecule has 1 aliphatic heterocycles. The summed E-state index contributed by atoms with van der Waals surface area (Å²) in [6, 6.07) is 1.03. The molecule has 1 fully saturated rings. The van der Waals surface area contributed by atoms with Gasteiger partial charge in [0.25, 0.3) is 5.56 Å². The van der Waals surface area contributed by atoms with E-state index in [4.69, 9.17) is 10.3 Å². The molecule has 1 unspecified atom stereocenters. The SMILES string of the molecule is [N-]=[N+]=NC(O)[C@H]1O[C@@H](n2ccc(=O)[nH]c2=O)[C@H](O)[C@@H]1O. The highest BCUT2D eigenvalue weighted by atomic mass is 16.6. The topological polar surface area (TPSA) is 174 Å². The minimum atomic E-state index is -1.73. The molecule has 1 aromatic heterocycles. The van der Waals surface area contributed by atoms with Gasteiger partial charge in [-0.05, 0) is 5.53 Å². The molecule has 4 N–H and O–H groups in total. The molecule has 0 spiro atoms. The Bertz CT molecular complexity index is 649. The number of aliphatic hydroxyl groups is 3. The maximum absolute atomic E-state index is 11.6. The quantitative estimate of drug-likeness (QED) is 0.278. The highest BCUT2D eigenvalue weighted by molar-refractivity contribution is 4.95. The molecule has 0 saturated carbocycles. The van der Waals surface area contributed by atoms with Crippen LogP contribution in [0.2, 0.25) is 0 Å². The molecular weight excluding hydrogens is 274 g/mol. The van der Waals surface area contributed by atoms with E-state index in [0.717, 1.165) is 16.8 Å². The zero-order chi connectivity index (χ0) is 14.9. The molecule has 11 nitrogen and oxygen atoms in total. The molecule has 108 valence electrons. The van der Waals surface area contributed by atoms with Crippen LogP contribution in [0.15, 0.2) is 27.0 Å². The van der Waals surface area contributed by atoms with Gasteiger partial charge in [-0.3, -0.25) is 14.3 Å². The number of nitrogens with zero attached hydrogens (tertiary/aromatic N) is 4. The van der Waals surface area contributed by atoms with Crippen molar-refractivity contribution in [2.45, 2.75) is 30.8 Å². The first-order chi connectivity index (χ1) is 9.45. The van der Waals surface area contributed by atoms with Gasteiger partial charge in [0.2, 0.25) is 0 Å². The number of aromatic amines is 1. The fourth-order valence-corrected chi connectivity index (χ4v) is 1.91. The number of aliphatic hydroxyl groups excluding tert-OH is 3. The molecule has 1 saturated heterocycles. The Kier molecular flexibility index (Phi) is 3.88. The molecule has 11 heteroatoms. The van der Waals surface area contributed by atoms with Gasteiger partial charge < -0.3 is 20.1 Å². The van der Waals surface area contributed by atoms with Crippen molar-refractivity contribution in [3.05, 3.63) is 43.5 Å². The number of rotatable bonds is 3. The summed E-state index contributed by atoms with van der Waals surface area (Å²) in [7, 11) is 0. The number of aromatic nitrogens is 2. The standard InChI is InChI=1S/C9H11N5O6/c10-13-12-7(18)6-4(16)5(17)8(20-6)14-2-1-3(15)11-9(14)19/h1-2,4-8,16-18H,(H,11,15,19)/t4-,5+,6-,7?,8+/m0/s1. The Morgan fingerprint density at radius 1 is 1.45 bits per heavy atom. The minimum absolute atomic E-state index is 0.634. The number of nitrogens with one attached hydrogen (secondary N) is 1. The van der Waals surface area contributed by atoms with E-state index < -0.39 is 42.0 Å². The Morgan fingerprint density at radius 3 is 2.75 bits per heavy atom. The van der Waals surface area contributed by atoms with E-state index in [1.54, 1.807) is 0 Å². The largest absolute Gasteiger partial charge is 0.387 e. The lowest BCUT2D eigenvalue weighted by atomic mass is 10.1. The predicted octanol–water partition coefficient (Wildman–Crippen LogP) is -2.22. The van der Waals surface area contributed by atoms with Gasteiger partial charge in [0.1, 0.15) is 18.3 Å². The van der Waals surface area contributed by atoms with E-state index in [-0.39, 0.29) is 0 Å². The zero-order valence-corrected chi connectivity index (χ0v) is 9.90. The predicted molar refractivity (Wildman–Crippen MR) is 62.4 cm³/mol. The Balaban J connectivity index is 2.32. The van der Waals surface area contributed by atoms with Crippen LogP contribution in [0.4, 0.5) is 0 Å². The van der Waals surface area contributed by atoms with Gasteiger partial charge in [0, 0.05) is 17.2 Å². The average Bonchev–Trinajstić information content (AvgIpc) is 2.67. The summed E-state index contributed by atoms with van der Waals surface area (Å²) >= 11 is 0. The van der Waals surface area contributed by atoms with Crippen molar-refractivity contribution in [2.75, 3.05) is 0 Å². The lowest BCUT2D eigenvalue weighted by Crippen LogP contribution is -2.38. The summed E-state index contributed by atoms with van der Waals surface area (Å²) in [4.78, 5) is 26.8. The van der Waals surface area contributed by atoms with Gasteiger partial charge in [-0.15, -0.1) is 0 Å². The number of hydrogen-bond acceptors (Lipinski definition) is 7. The van der Waals surface area contributed by atoms with Crippen LogP contribution in [-0.2, 0) is 4.74 Å². The third-order valence-corrected chi connectivity index (χ3v) is 2.86. The van der Waals surface area contributed by atoms with E-state index in [0.29, 0.717) is 0 Å². The van der Waals surface area contributed by atoms with E-state index >= 15 is 0 Å². The summed E-state index contributed by atoms with van der Waals surface area (Å²) in [5.41, 5.74) is 6.72. The molecule has 0 aromatic carbocycles. The van der Waals surface area contributed by atoms with Crippen LogP contribution in [-0.4, -0.2) is 49.4 Å². The Labute approximate surface area is 110 Å². The van der Waals surface area contributed by atoms with E-state index in [1.807, 2.05) is 4.98 Å². The summed E-state index contributed by atoms with van der Waals surface area (Å²) in [5, 5.41) is 32.0. The highest BCUT2D eigenvalue weighted by Gasteiger charge is 2.46. The van der Waals surface area contributed by atoms with E-state index in [1.165, 1.54) is 0 Å². The van der Waals surface area contributed by atoms with Crippen molar-refractivity contribution in [3.8, 4) is 0 Å². The summed E-state index contributed by atoms with van der Waals surface area (Å²) < 4.78 is 5.98. The highest BCUT2D eigenvalue weighted by Crippen LogP contribution is 2.30. The molecule has 1 aliphatic rings. The van der Waals surface area contributed by atoms with Gasteiger partial charge in [0.05, 0.1) is 0 Å². The zero-order valence-electron chi connectivity index (χ0n) is 9.90. The van der Waals surface area contributed by atoms with Crippen LogP contribution in [0.1, 0.15) is 6.23 Å². The Hall–Kier alpha value is -2.17. The lowest BCUT2D eigenvalue weighted by molar-refractivity contribution is -0.0836. The molecule has 0 radical (unpaired) electrons. The van der Waals surface area contributed by atoms with E-state index in [2.05, 4.69) is 10.0 Å². The smallest absolute Gasteiger partial charge is 0.330 e. The van der Waals surface area contributed by atoms with Crippen LogP contribution in [0.3, 0.4) is 0 Å². The fourth-order valence-electron chi connectivity index (χ4n) is 1.91. The summed E-state index contributed by atoms with van der Waals surface area (Å²) in [6.45, 7) is 0. The second-order valence-electron chi connectivity index (χ2n) is 4.11. The molecule has 0 bridgehead atoms. The first-order valence-electron chi connectivity index (χ1n) is 5.51. The fraction of sp³-hybridized carbons (Fsp3) is 0.556. The van der Waals surface area contributed by atoms with Crippen LogP contribution in [0.5, 0.6) is 0 Å². The van der Waals surface area contributed by atoms with Gasteiger partial charge in [0.15, 0.2) is 12.5 Å². The monoisotopic (exact) mass is 285 g/mol. The summed E-state index contributed by atoms with van der Waals surface area (Å²) in [6.07, 6.45) is -6.50. The van der Waals surface area contributed by atoms with Crippen LogP contribution in [0.25, 0.3) is 10.4 Å². The second-order valence-corrected chi connectivity index (χ2v) is 4.11. The maximum Gasteiger partial charge on any atom is 0.330 e. The van der Waals surface area contributed by atoms with Crippen molar-refractivity contribution in [1.82, 2.24) is 9.55 Å². The molecule has 2 heterocycles. The maximum atomic E-state index is 11.6. The number of ether oxygens (including phenoxy) is 1. The molecule has 0 aliphatic carbocycles. The van der Waals surface area contributed by atoms with Crippen molar-refractivity contribution >= 4 is 0 Å². The van der Waals surface area contributed by atoms with Gasteiger partial charge in [-0.1, -0.05) is 5.11 Å². The molecule has 1 aromatic rings. The van der Waals surface area contributed by atoms with E-state index in [9.17, 15) is 24.9 Å². The molecule has 5 atom stereocenters. The Morgan fingerprint density at radius 2 is 2.15 bits per heavy atom. The number of H-pyrrole nitrogens is 1. The summed E-state index contributed by atoms with van der Waals surface area (Å²) in [5.74, 6) is 0. The average molecular weight is 285 g/mol. The molecule has 0 amide bonds. The molecule has 2 rings (SSSR count). The van der Waals surface area contributed by atoms with Gasteiger partial charge >= 0.3 is 5.69 Å². The molecular formula is C9H11N5O6. The third-order valence-electron chi connectivity index (χ3n) is 2.86. The van der Waals surface area contributed by atoms with Gasteiger partial charge in [-0.2, -0.15) is 0 Å². The van der Waals surface area contributed by atoms with Gasteiger partial charge in [-0.25, -0.2) is 4.79 Å². The van der Waals surface area contributed by atoms with Crippen molar-refractivity contribution in [1.29, 1.82) is 0 Å². The number of azide groups is 1. The first-order valence-corrected chi connectivity index (χ1v) is 5.51. The first kappa shape index (κ1) is 14.2. The normalized spacial score (nSPS) is 30.8. The second kappa shape index (κ2) is 5.45. The lowest BCUT2D eigenvalue weighted by Gasteiger charge is -2.17. The third kappa shape index (κ3) is 2.43. The number of hydrogen-bond donors (Lipinski definition) is 4. The van der Waals surface area contributed by atoms with Crippen LogP contribution in [0, 0.1) is 0 Å². The van der Waals surface area contributed by atoms with Crippen LogP contribution >= 0.6 is 0 Å².